The Balaban J connectivity index is 0. The van der Waals surface area contributed by atoms with Gasteiger partial charge >= 0.3 is 51.4 Å². The van der Waals surface area contributed by atoms with Gasteiger partial charge in [0.15, 0.2) is 0 Å². The molecule has 0 bridgehead atoms. The number of hydrogen-bond donors (Lipinski definition) is 0. The van der Waals surface area contributed by atoms with Crippen molar-refractivity contribution in [2.24, 2.45) is 0 Å². The fraction of sp³-hybridized carbons (Fsp3) is 1.00. The summed E-state index contributed by atoms with van der Waals surface area (Å²) in [5.74, 6) is -0.406. The van der Waals surface area contributed by atoms with E-state index in [1.54, 1.807) is 0 Å². The summed E-state index contributed by atoms with van der Waals surface area (Å²) >= 11 is 0. The van der Waals surface area contributed by atoms with E-state index < -0.39 is 15.9 Å². The first-order chi connectivity index (χ1) is 4.56. The summed E-state index contributed by atoms with van der Waals surface area (Å²) in [6.45, 7) is 0.123. The van der Waals surface area contributed by atoms with Gasteiger partial charge in [-0.2, -0.15) is 0 Å². The van der Waals surface area contributed by atoms with E-state index in [9.17, 15) is 13.0 Å². The Labute approximate surface area is 109 Å². The van der Waals surface area contributed by atoms with Gasteiger partial charge in [-0.05, 0) is 6.42 Å². The normalized spacial score (nSPS) is 10.7. The second-order valence-corrected chi connectivity index (χ2v) is 3.13. The van der Waals surface area contributed by atoms with E-state index in [0.717, 1.165) is 0 Å². The second kappa shape index (κ2) is 8.08. The van der Waals surface area contributed by atoms with Crippen LogP contribution in [0, 0.1) is 0 Å². The molecule has 0 aromatic heterocycles. The van der Waals surface area contributed by atoms with E-state index >= 15 is 0 Å². The molecule has 0 radical (unpaired) electrons. The molecule has 7 heteroatoms. The standard InChI is InChI=1S/C4H10O5S.K/c1-8-9-3-2-4-10(5,6)7;/h2-4H2,1H3,(H,5,6,7);/q;+1/p-1. The van der Waals surface area contributed by atoms with E-state index in [1.165, 1.54) is 7.11 Å². The summed E-state index contributed by atoms with van der Waals surface area (Å²) < 4.78 is 29.8. The predicted molar refractivity (Wildman–Crippen MR) is 32.1 cm³/mol. The van der Waals surface area contributed by atoms with Gasteiger partial charge in [-0.1, -0.05) is 0 Å². The van der Waals surface area contributed by atoms with Gasteiger partial charge in [0, 0.05) is 5.75 Å². The molecule has 0 rings (SSSR count). The first-order valence-electron chi connectivity index (χ1n) is 2.65. The average molecular weight is 208 g/mol. The monoisotopic (exact) mass is 208 g/mol. The maximum atomic E-state index is 9.94. The van der Waals surface area contributed by atoms with Crippen LogP contribution in [0.15, 0.2) is 0 Å². The van der Waals surface area contributed by atoms with Crippen molar-refractivity contribution in [3.05, 3.63) is 0 Å². The topological polar surface area (TPSA) is 75.7 Å². The van der Waals surface area contributed by atoms with Crippen molar-refractivity contribution >= 4 is 10.1 Å². The molecule has 11 heavy (non-hydrogen) atoms. The summed E-state index contributed by atoms with van der Waals surface area (Å²) in [5, 5.41) is 0. The van der Waals surface area contributed by atoms with Gasteiger partial charge in [0.1, 0.15) is 0 Å². The Morgan fingerprint density at radius 1 is 1.45 bits per heavy atom. The Hall–Kier alpha value is 1.47. The fourth-order valence-electron chi connectivity index (χ4n) is 0.378. The second-order valence-electron chi connectivity index (χ2n) is 1.60. The van der Waals surface area contributed by atoms with Crippen LogP contribution in [0.25, 0.3) is 0 Å². The first-order valence-corrected chi connectivity index (χ1v) is 4.23. The summed E-state index contributed by atoms with van der Waals surface area (Å²) in [6, 6.07) is 0. The quantitative estimate of drug-likeness (QED) is 0.154. The van der Waals surface area contributed by atoms with E-state index in [0.29, 0.717) is 0 Å². The molecule has 0 aromatic carbocycles. The van der Waals surface area contributed by atoms with Gasteiger partial charge in [-0.25, -0.2) is 18.2 Å². The maximum absolute atomic E-state index is 9.94. The first kappa shape index (κ1) is 15.0. The Morgan fingerprint density at radius 3 is 2.36 bits per heavy atom. The molecule has 0 spiro atoms. The van der Waals surface area contributed by atoms with Crippen LogP contribution in [0.4, 0.5) is 0 Å². The summed E-state index contributed by atoms with van der Waals surface area (Å²) in [7, 11) is -2.78. The van der Waals surface area contributed by atoms with Crippen molar-refractivity contribution in [3.63, 3.8) is 0 Å². The van der Waals surface area contributed by atoms with E-state index in [2.05, 4.69) is 9.78 Å². The Morgan fingerprint density at radius 2 is 2.00 bits per heavy atom. The molecule has 5 nitrogen and oxygen atoms in total. The van der Waals surface area contributed by atoms with Crippen LogP contribution in [0.3, 0.4) is 0 Å². The molecule has 0 aliphatic rings. The molecule has 62 valence electrons. The van der Waals surface area contributed by atoms with Crippen LogP contribution in [0.1, 0.15) is 6.42 Å². The molecular formula is C4H9KO5S. The molecule has 0 saturated carbocycles. The third kappa shape index (κ3) is 14.3. The van der Waals surface area contributed by atoms with E-state index in [4.69, 9.17) is 0 Å². The van der Waals surface area contributed by atoms with Crippen LogP contribution in [-0.2, 0) is 19.9 Å². The third-order valence-electron chi connectivity index (χ3n) is 0.740. The molecule has 0 aromatic rings. The maximum Gasteiger partial charge on any atom is 1.00 e. The molecule has 0 amide bonds. The molecule has 0 atom stereocenters. The predicted octanol–water partition coefficient (Wildman–Crippen LogP) is -3.50. The molecule has 0 aliphatic carbocycles. The van der Waals surface area contributed by atoms with Crippen molar-refractivity contribution in [2.45, 2.75) is 6.42 Å². The van der Waals surface area contributed by atoms with Crippen LogP contribution in [0.2, 0.25) is 0 Å². The minimum atomic E-state index is -4.09. The van der Waals surface area contributed by atoms with E-state index in [1.807, 2.05) is 0 Å². The van der Waals surface area contributed by atoms with Gasteiger partial charge in [-0.15, -0.1) is 0 Å². The van der Waals surface area contributed by atoms with Crippen molar-refractivity contribution in [2.75, 3.05) is 19.5 Å². The number of hydrogen-bond acceptors (Lipinski definition) is 5. The largest absolute Gasteiger partial charge is 1.00 e. The molecule has 0 unspecified atom stereocenters. The van der Waals surface area contributed by atoms with Crippen molar-refractivity contribution in [3.8, 4) is 0 Å². The average Bonchev–Trinajstić information content (AvgIpc) is 1.78. The Bertz CT molecular complexity index is 165. The van der Waals surface area contributed by atoms with Gasteiger partial charge < -0.3 is 4.55 Å². The van der Waals surface area contributed by atoms with Crippen molar-refractivity contribution < 1.29 is 74.1 Å². The zero-order valence-corrected chi connectivity index (χ0v) is 10.5. The summed E-state index contributed by atoms with van der Waals surface area (Å²) in [4.78, 5) is 8.49. The SMILES string of the molecule is COOCCCS(=O)(=O)[O-].[K+]. The van der Waals surface area contributed by atoms with Gasteiger partial charge in [0.25, 0.3) is 0 Å². The van der Waals surface area contributed by atoms with Crippen LogP contribution < -0.4 is 51.4 Å². The molecule has 0 N–H and O–H groups in total. The summed E-state index contributed by atoms with van der Waals surface area (Å²) in [5.41, 5.74) is 0. The minimum Gasteiger partial charge on any atom is -0.748 e. The third-order valence-corrected chi connectivity index (χ3v) is 1.53. The van der Waals surface area contributed by atoms with Crippen molar-refractivity contribution in [1.82, 2.24) is 0 Å². The Kier molecular flexibility index (Phi) is 11.0. The zero-order chi connectivity index (χ0) is 8.04. The van der Waals surface area contributed by atoms with Gasteiger partial charge in [0.05, 0.1) is 23.8 Å². The smallest absolute Gasteiger partial charge is 0.748 e. The van der Waals surface area contributed by atoms with Crippen LogP contribution >= 0.6 is 0 Å². The molecule has 0 fully saturated rings. The van der Waals surface area contributed by atoms with Gasteiger partial charge in [0.2, 0.25) is 0 Å². The van der Waals surface area contributed by atoms with Crippen molar-refractivity contribution in [1.29, 1.82) is 0 Å². The van der Waals surface area contributed by atoms with Gasteiger partial charge in [-0.3, -0.25) is 0 Å². The fourth-order valence-corrected chi connectivity index (χ4v) is 0.849. The molecule has 0 saturated heterocycles. The van der Waals surface area contributed by atoms with Crippen LogP contribution in [-0.4, -0.2) is 32.4 Å². The number of rotatable bonds is 5. The van der Waals surface area contributed by atoms with Crippen LogP contribution in [0.5, 0.6) is 0 Å². The molecule has 0 heterocycles. The minimum absolute atomic E-state index is 0. The molecular weight excluding hydrogens is 199 g/mol. The van der Waals surface area contributed by atoms with E-state index in [-0.39, 0.29) is 64.4 Å². The summed E-state index contributed by atoms with van der Waals surface area (Å²) in [6.07, 6.45) is 0.166. The zero-order valence-electron chi connectivity index (χ0n) is 6.57. The molecule has 0 aliphatic heterocycles.